The second kappa shape index (κ2) is 6.47. The van der Waals surface area contributed by atoms with Crippen LogP contribution in [-0.4, -0.2) is 19.9 Å². The molecule has 0 spiro atoms. The molecule has 0 unspecified atom stereocenters. The molecule has 6 nitrogen and oxygen atoms in total. The van der Waals surface area contributed by atoms with Crippen molar-refractivity contribution in [2.45, 2.75) is 11.9 Å². The molecule has 0 aliphatic rings. The fraction of sp³-hybridized carbons (Fsp3) is 0.167. The highest BCUT2D eigenvalue weighted by Gasteiger charge is 2.32. The average Bonchev–Trinajstić information content (AvgIpc) is 2.86. The van der Waals surface area contributed by atoms with Crippen LogP contribution in [0.2, 0.25) is 5.02 Å². The first-order valence-electron chi connectivity index (χ1n) is 5.91. The quantitative estimate of drug-likeness (QED) is 0.646. The maximum atomic E-state index is 12.6. The molecule has 0 radical (unpaired) electrons. The van der Waals surface area contributed by atoms with E-state index in [1.165, 1.54) is 6.20 Å². The standard InChI is InChI=1S/C12H8ClF3N6S/c13-8-1-7(12(14,15)16)4-20-10(8)22-9(5-23-11(18)19)6(2-17)3-21-22/h1,3-4H,5H2,(H3,18,19). The monoisotopic (exact) mass is 360 g/mol. The molecule has 120 valence electrons. The first-order valence-corrected chi connectivity index (χ1v) is 7.27. The number of hydrogen-bond donors (Lipinski definition) is 2. The molecule has 2 heterocycles. The van der Waals surface area contributed by atoms with E-state index in [0.29, 0.717) is 11.9 Å². The minimum absolute atomic E-state index is 0.0414. The Hall–Kier alpha value is -2.25. The Morgan fingerprint density at radius 1 is 1.48 bits per heavy atom. The van der Waals surface area contributed by atoms with Gasteiger partial charge in [-0.1, -0.05) is 23.4 Å². The molecule has 2 rings (SSSR count). The molecular weight excluding hydrogens is 353 g/mol. The molecule has 0 bridgehead atoms. The van der Waals surface area contributed by atoms with Crippen molar-refractivity contribution in [1.29, 1.82) is 10.7 Å². The van der Waals surface area contributed by atoms with E-state index in [-0.39, 0.29) is 27.3 Å². The molecule has 3 N–H and O–H groups in total. The number of rotatable bonds is 3. The molecule has 0 aliphatic heterocycles. The van der Waals surface area contributed by atoms with Gasteiger partial charge in [-0.2, -0.15) is 23.5 Å². The van der Waals surface area contributed by atoms with Crippen LogP contribution >= 0.6 is 23.4 Å². The number of halogens is 4. The van der Waals surface area contributed by atoms with Crippen LogP contribution in [0.4, 0.5) is 13.2 Å². The Morgan fingerprint density at radius 3 is 2.70 bits per heavy atom. The van der Waals surface area contributed by atoms with Crippen molar-refractivity contribution >= 4 is 28.5 Å². The Bertz CT molecular complexity index is 795. The number of amidine groups is 1. The molecule has 0 saturated carbocycles. The second-order valence-electron chi connectivity index (χ2n) is 4.21. The van der Waals surface area contributed by atoms with Gasteiger partial charge in [-0.3, -0.25) is 5.41 Å². The highest BCUT2D eigenvalue weighted by molar-refractivity contribution is 8.13. The third kappa shape index (κ3) is 3.75. The normalized spacial score (nSPS) is 11.3. The van der Waals surface area contributed by atoms with E-state index in [2.05, 4.69) is 10.1 Å². The summed E-state index contributed by atoms with van der Waals surface area (Å²) in [5, 5.41) is 19.8. The van der Waals surface area contributed by atoms with Crippen molar-refractivity contribution in [2.24, 2.45) is 5.73 Å². The first-order chi connectivity index (χ1) is 10.7. The molecule has 2 aromatic heterocycles. The molecule has 0 saturated heterocycles. The Morgan fingerprint density at radius 2 is 2.17 bits per heavy atom. The van der Waals surface area contributed by atoms with Gasteiger partial charge in [0.1, 0.15) is 6.07 Å². The number of alkyl halides is 3. The summed E-state index contributed by atoms with van der Waals surface area (Å²) in [7, 11) is 0. The topological polar surface area (TPSA) is 104 Å². The fourth-order valence-corrected chi connectivity index (χ4v) is 2.49. The lowest BCUT2D eigenvalue weighted by molar-refractivity contribution is -0.137. The van der Waals surface area contributed by atoms with E-state index in [0.717, 1.165) is 22.5 Å². The smallest absolute Gasteiger partial charge is 0.379 e. The minimum atomic E-state index is -4.57. The van der Waals surface area contributed by atoms with E-state index in [4.69, 9.17) is 28.0 Å². The lowest BCUT2D eigenvalue weighted by atomic mass is 10.2. The van der Waals surface area contributed by atoms with Crippen molar-refractivity contribution in [1.82, 2.24) is 14.8 Å². The summed E-state index contributed by atoms with van der Waals surface area (Å²) in [5.74, 6) is 0.0809. The molecule has 0 aromatic carbocycles. The lowest BCUT2D eigenvalue weighted by Gasteiger charge is -2.11. The van der Waals surface area contributed by atoms with Crippen LogP contribution in [0.15, 0.2) is 18.5 Å². The molecule has 2 aromatic rings. The number of pyridine rings is 1. The van der Waals surface area contributed by atoms with Gasteiger partial charge in [0.05, 0.1) is 28.0 Å². The number of nitrogens with zero attached hydrogens (tertiary/aromatic N) is 4. The van der Waals surface area contributed by atoms with Crippen LogP contribution < -0.4 is 5.73 Å². The number of nitriles is 1. The zero-order chi connectivity index (χ0) is 17.2. The predicted octanol–water partition coefficient (Wildman–Crippen LogP) is 2.94. The maximum absolute atomic E-state index is 12.6. The van der Waals surface area contributed by atoms with Crippen LogP contribution in [0.25, 0.3) is 5.82 Å². The summed E-state index contributed by atoms with van der Waals surface area (Å²) in [6.45, 7) is 0. The molecule has 11 heteroatoms. The molecule has 0 amide bonds. The predicted molar refractivity (Wildman–Crippen MR) is 79.3 cm³/mol. The average molecular weight is 361 g/mol. The number of nitrogens with one attached hydrogen (secondary N) is 1. The summed E-state index contributed by atoms with van der Waals surface area (Å²) in [6.07, 6.45) is -2.69. The molecule has 0 atom stereocenters. The molecular formula is C12H8ClF3N6S. The van der Waals surface area contributed by atoms with Gasteiger partial charge in [0, 0.05) is 11.9 Å². The van der Waals surface area contributed by atoms with Gasteiger partial charge in [-0.05, 0) is 6.07 Å². The van der Waals surface area contributed by atoms with Crippen LogP contribution in [-0.2, 0) is 11.9 Å². The van der Waals surface area contributed by atoms with Crippen LogP contribution in [0.5, 0.6) is 0 Å². The minimum Gasteiger partial charge on any atom is -0.379 e. The van der Waals surface area contributed by atoms with Crippen LogP contribution in [0, 0.1) is 16.7 Å². The van der Waals surface area contributed by atoms with E-state index in [9.17, 15) is 13.2 Å². The highest BCUT2D eigenvalue weighted by Crippen LogP contribution is 2.32. The van der Waals surface area contributed by atoms with Gasteiger partial charge >= 0.3 is 6.18 Å². The Labute approximate surface area is 137 Å². The van der Waals surface area contributed by atoms with E-state index >= 15 is 0 Å². The zero-order valence-corrected chi connectivity index (χ0v) is 12.8. The van der Waals surface area contributed by atoms with E-state index in [1.54, 1.807) is 0 Å². The van der Waals surface area contributed by atoms with E-state index in [1.807, 2.05) is 6.07 Å². The molecule has 0 fully saturated rings. The van der Waals surface area contributed by atoms with Gasteiger partial charge in [0.25, 0.3) is 0 Å². The number of hydrogen-bond acceptors (Lipinski definition) is 5. The highest BCUT2D eigenvalue weighted by atomic mass is 35.5. The maximum Gasteiger partial charge on any atom is 0.417 e. The molecule has 23 heavy (non-hydrogen) atoms. The van der Waals surface area contributed by atoms with Gasteiger partial charge < -0.3 is 5.73 Å². The van der Waals surface area contributed by atoms with Crippen molar-refractivity contribution < 1.29 is 13.2 Å². The van der Waals surface area contributed by atoms with Crippen LogP contribution in [0.1, 0.15) is 16.8 Å². The van der Waals surface area contributed by atoms with Gasteiger partial charge in [0.15, 0.2) is 11.0 Å². The second-order valence-corrected chi connectivity index (χ2v) is 5.63. The third-order valence-corrected chi connectivity index (χ3v) is 3.71. The van der Waals surface area contributed by atoms with Crippen molar-refractivity contribution in [3.05, 3.63) is 40.3 Å². The number of nitrogens with two attached hydrogens (primary N) is 1. The largest absolute Gasteiger partial charge is 0.417 e. The van der Waals surface area contributed by atoms with Crippen molar-refractivity contribution in [3.8, 4) is 11.9 Å². The fourth-order valence-electron chi connectivity index (χ4n) is 1.68. The Kier molecular flexibility index (Phi) is 4.82. The molecule has 0 aliphatic carbocycles. The van der Waals surface area contributed by atoms with Gasteiger partial charge in [0.2, 0.25) is 0 Å². The lowest BCUT2D eigenvalue weighted by Crippen LogP contribution is -2.11. The summed E-state index contributed by atoms with van der Waals surface area (Å²) in [6, 6.07) is 2.64. The van der Waals surface area contributed by atoms with Crippen LogP contribution in [0.3, 0.4) is 0 Å². The summed E-state index contributed by atoms with van der Waals surface area (Å²) < 4.78 is 39.1. The number of thioether (sulfide) groups is 1. The summed E-state index contributed by atoms with van der Waals surface area (Å²) in [4.78, 5) is 3.70. The van der Waals surface area contributed by atoms with Gasteiger partial charge in [-0.25, -0.2) is 9.67 Å². The van der Waals surface area contributed by atoms with Crippen molar-refractivity contribution in [3.63, 3.8) is 0 Å². The third-order valence-electron chi connectivity index (χ3n) is 2.70. The SMILES string of the molecule is N#Cc1cnn(-c2ncc(C(F)(F)F)cc2Cl)c1CSC(=N)N. The summed E-state index contributed by atoms with van der Waals surface area (Å²) >= 11 is 6.82. The van der Waals surface area contributed by atoms with Crippen molar-refractivity contribution in [2.75, 3.05) is 0 Å². The number of aromatic nitrogens is 3. The van der Waals surface area contributed by atoms with Gasteiger partial charge in [-0.15, -0.1) is 0 Å². The Balaban J connectivity index is 2.48. The van der Waals surface area contributed by atoms with E-state index < -0.39 is 11.7 Å². The first kappa shape index (κ1) is 17.1. The summed E-state index contributed by atoms with van der Waals surface area (Å²) in [5.41, 5.74) is 4.79. The zero-order valence-electron chi connectivity index (χ0n) is 11.2.